The van der Waals surface area contributed by atoms with Crippen LogP contribution in [0.5, 0.6) is 0 Å². The van der Waals surface area contributed by atoms with Crippen LogP contribution >= 0.6 is 11.6 Å². The third kappa shape index (κ3) is 8.57. The summed E-state index contributed by atoms with van der Waals surface area (Å²) < 4.78 is 19.8. The highest BCUT2D eigenvalue weighted by molar-refractivity contribution is 6.64. The lowest BCUT2D eigenvalue weighted by molar-refractivity contribution is -0.117. The minimum atomic E-state index is -0.567. The van der Waals surface area contributed by atoms with Gasteiger partial charge in [0.05, 0.1) is 59.5 Å². The highest BCUT2D eigenvalue weighted by Gasteiger charge is 2.31. The van der Waals surface area contributed by atoms with Crippen LogP contribution in [0.4, 0.5) is 22.7 Å². The average Bonchev–Trinajstić information content (AvgIpc) is 4.00. The summed E-state index contributed by atoms with van der Waals surface area (Å²) in [7, 11) is 2.58. The highest BCUT2D eigenvalue weighted by atomic mass is 35.5. The number of nitrogens with two attached hydrogens (primary N) is 3. The van der Waals surface area contributed by atoms with Crippen molar-refractivity contribution >= 4 is 57.4 Å². The number of carbonyl (C=O) groups is 4. The van der Waals surface area contributed by atoms with Gasteiger partial charge in [0.2, 0.25) is 11.1 Å². The third-order valence-electron chi connectivity index (χ3n) is 7.95. The first-order valence-electron chi connectivity index (χ1n) is 15.3. The number of carbonyl (C=O) groups excluding carboxylic acids is 4. The van der Waals surface area contributed by atoms with Crippen LogP contribution in [0, 0.1) is 39.5 Å². The monoisotopic (exact) mass is 694 g/mol. The molecule has 2 aliphatic rings. The smallest absolute Gasteiger partial charge is 0.340 e. The van der Waals surface area contributed by atoms with Crippen LogP contribution in [-0.4, -0.2) is 47.6 Å². The van der Waals surface area contributed by atoms with Crippen LogP contribution in [0.25, 0.3) is 22.3 Å². The maximum Gasteiger partial charge on any atom is 0.340 e. The van der Waals surface area contributed by atoms with Gasteiger partial charge in [-0.25, -0.2) is 9.59 Å². The Morgan fingerprint density at radius 2 is 1.18 bits per heavy atom. The molecule has 0 bridgehead atoms. The predicted molar refractivity (Wildman–Crippen MR) is 184 cm³/mol. The van der Waals surface area contributed by atoms with E-state index in [9.17, 15) is 19.2 Å². The number of anilines is 4. The van der Waals surface area contributed by atoms with Crippen LogP contribution in [0.15, 0.2) is 33.3 Å². The molecule has 260 valence electrons. The molecule has 0 radical (unpaired) electrons. The van der Waals surface area contributed by atoms with E-state index in [1.807, 2.05) is 13.8 Å². The van der Waals surface area contributed by atoms with E-state index in [2.05, 4.69) is 15.6 Å². The number of hydrogen-bond donors (Lipinski definition) is 4. The standard InChI is InChI=1S/C17H19N3O4.C13H15N3O3.C4H5ClO/c1-8-14(9(2)24-20-8)11-6-12(17(22)23-3)15(18)13(7-11)19-16(21)10-4-5-10;1-6-11(7(2)19-16-6)8-4-9(13(17)18-3)12(15)10(14)5-8;5-4(6)3-1-2-3/h6-7,10H,4-5,18H2,1-3H3,(H,19,21);4-5H,14-15H2,1-3H3;3H,1-2H2. The van der Waals surface area contributed by atoms with Crippen molar-refractivity contribution in [3.8, 4) is 22.3 Å². The summed E-state index contributed by atoms with van der Waals surface area (Å²) in [5.41, 5.74) is 23.6. The van der Waals surface area contributed by atoms with E-state index in [0.29, 0.717) is 34.2 Å². The Hall–Kier alpha value is -5.37. The van der Waals surface area contributed by atoms with Gasteiger partial charge in [-0.1, -0.05) is 10.3 Å². The number of amides is 1. The van der Waals surface area contributed by atoms with Crippen molar-refractivity contribution in [2.24, 2.45) is 11.8 Å². The van der Waals surface area contributed by atoms with Crippen LogP contribution in [0.1, 0.15) is 69.3 Å². The van der Waals surface area contributed by atoms with Crippen molar-refractivity contribution in [3.05, 3.63) is 58.3 Å². The minimum absolute atomic E-state index is 0.0219. The van der Waals surface area contributed by atoms with E-state index in [4.69, 9.17) is 47.3 Å². The quantitative estimate of drug-likeness (QED) is 0.103. The second-order valence-electron chi connectivity index (χ2n) is 11.7. The van der Waals surface area contributed by atoms with Crippen molar-refractivity contribution in [1.29, 1.82) is 0 Å². The number of hydrogen-bond acceptors (Lipinski definition) is 13. The van der Waals surface area contributed by atoms with Gasteiger partial charge in [-0.05, 0) is 100 Å². The molecule has 2 fully saturated rings. The van der Waals surface area contributed by atoms with Gasteiger partial charge in [0, 0.05) is 23.0 Å². The number of aromatic nitrogens is 2. The van der Waals surface area contributed by atoms with E-state index >= 15 is 0 Å². The van der Waals surface area contributed by atoms with Crippen LogP contribution < -0.4 is 22.5 Å². The summed E-state index contributed by atoms with van der Waals surface area (Å²) in [6, 6.07) is 6.67. The molecule has 0 aliphatic heterocycles. The average molecular weight is 695 g/mol. The summed E-state index contributed by atoms with van der Waals surface area (Å²) >= 11 is 5.04. The first kappa shape index (κ1) is 36.5. The molecule has 2 heterocycles. The number of esters is 2. The van der Waals surface area contributed by atoms with Gasteiger partial charge in [0.1, 0.15) is 11.5 Å². The molecule has 7 N–H and O–H groups in total. The van der Waals surface area contributed by atoms with Crippen molar-refractivity contribution in [3.63, 3.8) is 0 Å². The molecule has 0 spiro atoms. The van der Waals surface area contributed by atoms with Gasteiger partial charge in [-0.2, -0.15) is 0 Å². The van der Waals surface area contributed by atoms with Gasteiger partial charge >= 0.3 is 11.9 Å². The Morgan fingerprint density at radius 1 is 0.735 bits per heavy atom. The fraction of sp³-hybridized carbons (Fsp3) is 0.353. The number of aryl methyl sites for hydroxylation is 4. The van der Waals surface area contributed by atoms with Gasteiger partial charge < -0.3 is 41.0 Å². The van der Waals surface area contributed by atoms with E-state index in [0.717, 1.165) is 48.1 Å². The molecule has 2 aromatic carbocycles. The van der Waals surface area contributed by atoms with Crippen LogP contribution in [0.2, 0.25) is 0 Å². The lowest BCUT2D eigenvalue weighted by Gasteiger charge is -2.14. The summed E-state index contributed by atoms with van der Waals surface area (Å²) in [5.74, 6) is 0.333. The normalized spacial score (nSPS) is 13.3. The zero-order valence-electron chi connectivity index (χ0n) is 28.1. The summed E-state index contributed by atoms with van der Waals surface area (Å²) in [6.45, 7) is 7.20. The third-order valence-corrected chi connectivity index (χ3v) is 8.26. The van der Waals surface area contributed by atoms with Crippen molar-refractivity contribution in [2.45, 2.75) is 53.4 Å². The number of ether oxygens (including phenoxy) is 2. The zero-order chi connectivity index (χ0) is 36.2. The molecule has 1 amide bonds. The number of halogens is 1. The van der Waals surface area contributed by atoms with E-state index in [1.54, 1.807) is 38.1 Å². The number of benzene rings is 2. The Balaban J connectivity index is 0.000000192. The molecule has 6 rings (SSSR count). The fourth-order valence-corrected chi connectivity index (χ4v) is 5.18. The number of rotatable bonds is 7. The number of nitrogen functional groups attached to an aromatic ring is 3. The SMILES string of the molecule is COC(=O)c1cc(-c2c(C)noc2C)cc(N)c1N.COC(=O)c1cc(-c2c(C)noc2C)cc(NC(=O)C2CC2)c1N.O=C(Cl)C1CC1. The molecule has 14 nitrogen and oxygen atoms in total. The number of methoxy groups -OCH3 is 2. The van der Waals surface area contributed by atoms with Crippen molar-refractivity contribution in [2.75, 3.05) is 36.7 Å². The Labute approximate surface area is 287 Å². The molecule has 49 heavy (non-hydrogen) atoms. The molecule has 2 saturated carbocycles. The first-order chi connectivity index (χ1) is 23.2. The molecule has 0 atom stereocenters. The highest BCUT2D eigenvalue weighted by Crippen LogP contribution is 2.37. The second-order valence-corrected chi connectivity index (χ2v) is 12.1. The van der Waals surface area contributed by atoms with E-state index in [1.165, 1.54) is 14.2 Å². The lowest BCUT2D eigenvalue weighted by Crippen LogP contribution is -2.16. The molecule has 0 saturated heterocycles. The van der Waals surface area contributed by atoms with Crippen LogP contribution in [0.3, 0.4) is 0 Å². The molecule has 15 heteroatoms. The fourth-order valence-electron chi connectivity index (χ4n) is 4.96. The largest absolute Gasteiger partial charge is 0.465 e. The van der Waals surface area contributed by atoms with Gasteiger partial charge in [0.15, 0.2) is 0 Å². The summed E-state index contributed by atoms with van der Waals surface area (Å²) in [6.07, 6.45) is 3.78. The van der Waals surface area contributed by atoms with Gasteiger partial charge in [-0.15, -0.1) is 0 Å². The molecule has 0 unspecified atom stereocenters. The minimum Gasteiger partial charge on any atom is -0.465 e. The summed E-state index contributed by atoms with van der Waals surface area (Å²) in [4.78, 5) is 45.8. The maximum atomic E-state index is 12.1. The molecule has 2 aromatic heterocycles. The molecule has 2 aliphatic carbocycles. The summed E-state index contributed by atoms with van der Waals surface area (Å²) in [5, 5.41) is 10.5. The maximum absolute atomic E-state index is 12.1. The van der Waals surface area contributed by atoms with E-state index in [-0.39, 0.29) is 45.5 Å². The van der Waals surface area contributed by atoms with E-state index < -0.39 is 11.9 Å². The Kier molecular flexibility index (Phi) is 11.3. The van der Waals surface area contributed by atoms with Crippen molar-refractivity contribution in [1.82, 2.24) is 10.3 Å². The molecular formula is C34H39ClN6O8. The second kappa shape index (κ2) is 15.2. The zero-order valence-corrected chi connectivity index (χ0v) is 28.8. The number of nitrogens with zero attached hydrogens (tertiary/aromatic N) is 2. The Morgan fingerprint density at radius 3 is 1.55 bits per heavy atom. The van der Waals surface area contributed by atoms with Crippen LogP contribution in [-0.2, 0) is 19.1 Å². The Bertz CT molecular complexity index is 1870. The molecular weight excluding hydrogens is 656 g/mol. The van der Waals surface area contributed by atoms with Crippen molar-refractivity contribution < 1.29 is 37.7 Å². The molecule has 4 aromatic rings. The first-order valence-corrected chi connectivity index (χ1v) is 15.7. The topological polar surface area (TPSA) is 229 Å². The van der Waals surface area contributed by atoms with Gasteiger partial charge in [0.25, 0.3) is 0 Å². The van der Waals surface area contributed by atoms with Gasteiger partial charge in [-0.3, -0.25) is 9.59 Å². The number of nitrogens with one attached hydrogen (secondary N) is 1. The predicted octanol–water partition coefficient (Wildman–Crippen LogP) is 5.75. The lowest BCUT2D eigenvalue weighted by atomic mass is 9.99.